The Morgan fingerprint density at radius 3 is 2.17 bits per heavy atom. The summed E-state index contributed by atoms with van der Waals surface area (Å²) >= 11 is 14.3. The quantitative estimate of drug-likeness (QED) is 0.0766. The minimum Gasteiger partial charge on any atom is -0.368 e. The first-order valence-electron chi connectivity index (χ1n) is 15.0. The number of hydrogen-bond acceptors (Lipinski definition) is 10. The number of sulfonamides is 1. The number of nitrogens with zero attached hydrogens (tertiary/aromatic N) is 1. The number of amides is 3. The van der Waals surface area contributed by atoms with E-state index < -0.39 is 33.9 Å². The fourth-order valence-electron chi connectivity index (χ4n) is 4.96. The van der Waals surface area contributed by atoms with E-state index in [-0.39, 0.29) is 48.5 Å². The molecule has 3 amide bonds. The van der Waals surface area contributed by atoms with E-state index in [1.807, 2.05) is 19.1 Å². The molecule has 2 atom stereocenters. The molecule has 0 aliphatic carbocycles. The molecule has 12 nitrogen and oxygen atoms in total. The molecular formula is C31H41ClN6O6S3. The molecule has 256 valence electrons. The van der Waals surface area contributed by atoms with Crippen LogP contribution in [-0.2, 0) is 30.8 Å². The lowest BCUT2D eigenvalue weighted by atomic mass is 10.1. The lowest BCUT2D eigenvalue weighted by Gasteiger charge is -2.18. The van der Waals surface area contributed by atoms with Crippen molar-refractivity contribution in [3.8, 4) is 0 Å². The summed E-state index contributed by atoms with van der Waals surface area (Å²) in [5.74, 6) is -1.64. The number of thiol groups is 2. The number of unbranched alkanes of at least 4 members (excludes halogenated alkanes) is 1. The van der Waals surface area contributed by atoms with Crippen molar-refractivity contribution in [2.75, 3.05) is 36.9 Å². The molecule has 0 saturated heterocycles. The first kappa shape index (κ1) is 38.4. The SMILES string of the molecule is Cc1ccc2c(c1)c(CC(=O)NS(=O)(=O)CCCCNC(=O)[C@H](CS)NCCN[C@@H](CS)C(N)=O)c(C)n2C(=O)c1ccc(Cl)cc1. The number of fused-ring (bicyclic) bond motifs is 1. The fourth-order valence-corrected chi connectivity index (χ4v) is 6.80. The molecule has 6 N–H and O–H groups in total. The molecule has 0 aliphatic rings. The molecule has 0 fully saturated rings. The lowest BCUT2D eigenvalue weighted by Crippen LogP contribution is -2.50. The van der Waals surface area contributed by atoms with Gasteiger partial charge in [-0.1, -0.05) is 23.2 Å². The van der Waals surface area contributed by atoms with E-state index in [1.54, 1.807) is 37.3 Å². The summed E-state index contributed by atoms with van der Waals surface area (Å²) in [6.07, 6.45) is 0.327. The van der Waals surface area contributed by atoms with Crippen molar-refractivity contribution >= 4 is 81.4 Å². The molecule has 1 aromatic heterocycles. The number of carbonyl (C=O) groups excluding carboxylic acids is 4. The summed E-state index contributed by atoms with van der Waals surface area (Å²) in [6.45, 7) is 4.62. The number of nitrogens with two attached hydrogens (primary N) is 1. The fraction of sp³-hybridized carbons (Fsp3) is 0.419. The van der Waals surface area contributed by atoms with Crippen molar-refractivity contribution in [2.24, 2.45) is 5.73 Å². The first-order valence-corrected chi connectivity index (χ1v) is 18.3. The zero-order valence-electron chi connectivity index (χ0n) is 26.2. The first-order chi connectivity index (χ1) is 22.3. The number of carbonyl (C=O) groups is 4. The Hall–Kier alpha value is -3.08. The van der Waals surface area contributed by atoms with E-state index in [2.05, 4.69) is 45.9 Å². The lowest BCUT2D eigenvalue weighted by molar-refractivity contribution is -0.123. The van der Waals surface area contributed by atoms with E-state index in [1.165, 1.54) is 4.57 Å². The monoisotopic (exact) mass is 724 g/mol. The van der Waals surface area contributed by atoms with Crippen LogP contribution in [0.3, 0.4) is 0 Å². The van der Waals surface area contributed by atoms with Gasteiger partial charge < -0.3 is 21.7 Å². The van der Waals surface area contributed by atoms with Crippen LogP contribution in [0.5, 0.6) is 0 Å². The molecule has 16 heteroatoms. The number of aryl methyl sites for hydroxylation is 1. The maximum absolute atomic E-state index is 13.5. The van der Waals surface area contributed by atoms with Crippen LogP contribution in [-0.4, -0.2) is 85.6 Å². The van der Waals surface area contributed by atoms with E-state index in [9.17, 15) is 27.6 Å². The highest BCUT2D eigenvalue weighted by Crippen LogP contribution is 2.29. The summed E-state index contributed by atoms with van der Waals surface area (Å²) < 4.78 is 29.1. The standard InChI is InChI=1S/C31H41ClN6O6S3/c1-19-5-10-27-24(15-19)23(20(2)38(27)31(42)21-6-8-22(32)9-7-21)16-28(39)37-47(43,44)14-4-3-11-36-30(41)26(18-46)35-13-12-34-25(17-45)29(33)40/h5-10,15,25-26,34-35,45-46H,3-4,11-14,16-18H2,1-2H3,(H2,33,40)(H,36,41)(H,37,39)/t25-,26-/m0/s1. The largest absolute Gasteiger partial charge is 0.368 e. The van der Waals surface area contributed by atoms with Crippen molar-refractivity contribution in [1.82, 2.24) is 25.2 Å². The van der Waals surface area contributed by atoms with Gasteiger partial charge in [0, 0.05) is 52.8 Å². The van der Waals surface area contributed by atoms with Gasteiger partial charge >= 0.3 is 0 Å². The second-order valence-electron chi connectivity index (χ2n) is 11.0. The van der Waals surface area contributed by atoms with Crippen LogP contribution in [0.2, 0.25) is 5.02 Å². The third-order valence-corrected chi connectivity index (χ3v) is 9.81. The average Bonchev–Trinajstić information content (AvgIpc) is 3.27. The van der Waals surface area contributed by atoms with E-state index in [4.69, 9.17) is 17.3 Å². The van der Waals surface area contributed by atoms with E-state index in [0.717, 1.165) is 5.56 Å². The maximum Gasteiger partial charge on any atom is 0.262 e. The van der Waals surface area contributed by atoms with E-state index in [0.29, 0.717) is 52.3 Å². The van der Waals surface area contributed by atoms with Crippen molar-refractivity contribution in [3.63, 3.8) is 0 Å². The van der Waals surface area contributed by atoms with Crippen molar-refractivity contribution < 1.29 is 27.6 Å². The molecular weight excluding hydrogens is 684 g/mol. The summed E-state index contributed by atoms with van der Waals surface area (Å²) in [5.41, 5.74) is 8.30. The second kappa shape index (κ2) is 17.9. The van der Waals surface area contributed by atoms with Gasteiger partial charge in [0.2, 0.25) is 27.7 Å². The topological polar surface area (TPSA) is 181 Å². The number of nitrogens with one attached hydrogen (secondary N) is 4. The van der Waals surface area contributed by atoms with Gasteiger partial charge in [0.15, 0.2) is 0 Å². The Morgan fingerprint density at radius 2 is 1.55 bits per heavy atom. The molecule has 0 aliphatic heterocycles. The molecule has 0 unspecified atom stereocenters. The highest BCUT2D eigenvalue weighted by molar-refractivity contribution is 7.90. The average molecular weight is 725 g/mol. The van der Waals surface area contributed by atoms with Gasteiger partial charge in [0.25, 0.3) is 5.91 Å². The summed E-state index contributed by atoms with van der Waals surface area (Å²) in [5, 5.41) is 9.91. The van der Waals surface area contributed by atoms with Gasteiger partial charge in [-0.05, 0) is 68.7 Å². The number of hydrogen-bond donors (Lipinski definition) is 7. The molecule has 3 aromatic rings. The molecule has 0 saturated carbocycles. The minimum atomic E-state index is -3.95. The Kier molecular flexibility index (Phi) is 14.6. The predicted molar refractivity (Wildman–Crippen MR) is 191 cm³/mol. The van der Waals surface area contributed by atoms with Gasteiger partial charge in [-0.25, -0.2) is 8.42 Å². The maximum atomic E-state index is 13.5. The molecule has 2 aromatic carbocycles. The molecule has 0 radical (unpaired) electrons. The number of rotatable bonds is 18. The summed E-state index contributed by atoms with van der Waals surface area (Å²) in [7, 11) is -3.95. The van der Waals surface area contributed by atoms with E-state index >= 15 is 0 Å². The highest BCUT2D eigenvalue weighted by atomic mass is 35.5. The predicted octanol–water partition coefficient (Wildman–Crippen LogP) is 1.75. The molecule has 3 rings (SSSR count). The third kappa shape index (κ3) is 11.0. The smallest absolute Gasteiger partial charge is 0.262 e. The van der Waals surface area contributed by atoms with Crippen LogP contribution in [0.15, 0.2) is 42.5 Å². The van der Waals surface area contributed by atoms with Gasteiger partial charge in [-0.15, -0.1) is 0 Å². The Bertz CT molecular complexity index is 1700. The summed E-state index contributed by atoms with van der Waals surface area (Å²) in [6, 6.07) is 10.9. The zero-order valence-corrected chi connectivity index (χ0v) is 29.6. The molecule has 0 bridgehead atoms. The van der Waals surface area contributed by atoms with Crippen molar-refractivity contribution in [3.05, 3.63) is 69.9 Å². The summed E-state index contributed by atoms with van der Waals surface area (Å²) in [4.78, 5) is 50.2. The number of aromatic nitrogens is 1. The van der Waals surface area contributed by atoms with Gasteiger partial charge in [-0.2, -0.15) is 25.3 Å². The zero-order chi connectivity index (χ0) is 34.7. The third-order valence-electron chi connectivity index (χ3n) is 7.46. The van der Waals surface area contributed by atoms with Gasteiger partial charge in [0.05, 0.1) is 29.8 Å². The highest BCUT2D eigenvalue weighted by Gasteiger charge is 2.24. The Labute approximate surface area is 290 Å². The molecule has 0 spiro atoms. The second-order valence-corrected chi connectivity index (χ2v) is 14.0. The Balaban J connectivity index is 1.52. The van der Waals surface area contributed by atoms with Crippen LogP contribution < -0.4 is 26.4 Å². The van der Waals surface area contributed by atoms with Crippen LogP contribution in [0.25, 0.3) is 10.9 Å². The molecule has 47 heavy (non-hydrogen) atoms. The van der Waals surface area contributed by atoms with Crippen LogP contribution in [0, 0.1) is 13.8 Å². The minimum absolute atomic E-state index is 0.205. The van der Waals surface area contributed by atoms with Crippen LogP contribution >= 0.6 is 36.9 Å². The van der Waals surface area contributed by atoms with Gasteiger partial charge in [-0.3, -0.25) is 28.5 Å². The normalized spacial score (nSPS) is 12.9. The number of benzene rings is 2. The number of halogens is 1. The molecule has 1 heterocycles. The van der Waals surface area contributed by atoms with Gasteiger partial charge in [0.1, 0.15) is 0 Å². The van der Waals surface area contributed by atoms with Crippen molar-refractivity contribution in [1.29, 1.82) is 0 Å². The number of primary amides is 1. The Morgan fingerprint density at radius 1 is 0.915 bits per heavy atom. The van der Waals surface area contributed by atoms with Crippen molar-refractivity contribution in [2.45, 2.75) is 45.2 Å². The van der Waals surface area contributed by atoms with Crippen LogP contribution in [0.1, 0.15) is 40.0 Å². The van der Waals surface area contributed by atoms with Crippen LogP contribution in [0.4, 0.5) is 0 Å².